The Kier molecular flexibility index (Phi) is 3.41. The Labute approximate surface area is 106 Å². The van der Waals surface area contributed by atoms with Crippen LogP contribution in [-0.4, -0.2) is 11.7 Å². The van der Waals surface area contributed by atoms with Gasteiger partial charge in [0.05, 0.1) is 0 Å². The molecule has 0 bridgehead atoms. The van der Waals surface area contributed by atoms with E-state index in [1.165, 1.54) is 30.4 Å². The topological polar surface area (TPSA) is 20.2 Å². The summed E-state index contributed by atoms with van der Waals surface area (Å²) in [6.45, 7) is 4.57. The standard InChI is InChI=1S/C14H19BrO/c1-14(2,9-16)13-5-3-4-10-6-7-11(15)8-12(10)13/h6-8,13,16H,3-5,9H2,1-2H3. The zero-order valence-corrected chi connectivity index (χ0v) is 11.5. The van der Waals surface area contributed by atoms with Crippen LogP contribution in [-0.2, 0) is 6.42 Å². The van der Waals surface area contributed by atoms with Crippen LogP contribution < -0.4 is 0 Å². The Morgan fingerprint density at radius 3 is 2.88 bits per heavy atom. The lowest BCUT2D eigenvalue weighted by Crippen LogP contribution is -2.29. The first kappa shape index (κ1) is 12.1. The van der Waals surface area contributed by atoms with Crippen molar-refractivity contribution in [3.63, 3.8) is 0 Å². The predicted octanol–water partition coefficient (Wildman–Crippen LogP) is 3.89. The Balaban J connectivity index is 2.43. The van der Waals surface area contributed by atoms with Gasteiger partial charge in [-0.2, -0.15) is 0 Å². The minimum Gasteiger partial charge on any atom is -0.396 e. The van der Waals surface area contributed by atoms with Gasteiger partial charge in [0, 0.05) is 11.1 Å². The van der Waals surface area contributed by atoms with E-state index in [4.69, 9.17) is 0 Å². The molecule has 0 aliphatic heterocycles. The first-order chi connectivity index (χ1) is 7.54. The second kappa shape index (κ2) is 4.50. The van der Waals surface area contributed by atoms with Gasteiger partial charge in [-0.1, -0.05) is 35.8 Å². The van der Waals surface area contributed by atoms with Crippen molar-refractivity contribution < 1.29 is 5.11 Å². The molecule has 2 rings (SSSR count). The first-order valence-corrected chi connectivity index (χ1v) is 6.73. The molecule has 2 heteroatoms. The monoisotopic (exact) mass is 282 g/mol. The highest BCUT2D eigenvalue weighted by atomic mass is 79.9. The minimum absolute atomic E-state index is 0.0179. The molecule has 1 N–H and O–H groups in total. The largest absolute Gasteiger partial charge is 0.396 e. The van der Waals surface area contributed by atoms with Crippen molar-refractivity contribution in [2.75, 3.05) is 6.61 Å². The number of halogens is 1. The summed E-state index contributed by atoms with van der Waals surface area (Å²) in [7, 11) is 0. The van der Waals surface area contributed by atoms with Crippen LogP contribution in [0, 0.1) is 5.41 Å². The van der Waals surface area contributed by atoms with Crippen molar-refractivity contribution >= 4 is 15.9 Å². The molecular weight excluding hydrogens is 264 g/mol. The number of hydrogen-bond acceptors (Lipinski definition) is 1. The van der Waals surface area contributed by atoms with E-state index in [1.54, 1.807) is 0 Å². The minimum atomic E-state index is -0.0179. The maximum Gasteiger partial charge on any atom is 0.0487 e. The van der Waals surface area contributed by atoms with E-state index in [1.807, 2.05) is 0 Å². The molecular formula is C14H19BrO. The second-order valence-electron chi connectivity index (χ2n) is 5.43. The van der Waals surface area contributed by atoms with E-state index < -0.39 is 0 Å². The maximum atomic E-state index is 9.53. The van der Waals surface area contributed by atoms with Crippen LogP contribution in [0.2, 0.25) is 0 Å². The van der Waals surface area contributed by atoms with Gasteiger partial charge in [-0.3, -0.25) is 0 Å². The smallest absolute Gasteiger partial charge is 0.0487 e. The van der Waals surface area contributed by atoms with Crippen LogP contribution in [0.3, 0.4) is 0 Å². The van der Waals surface area contributed by atoms with Crippen molar-refractivity contribution in [2.45, 2.75) is 39.0 Å². The normalized spacial score (nSPS) is 20.6. The summed E-state index contributed by atoms with van der Waals surface area (Å²) in [5.41, 5.74) is 2.87. The lowest BCUT2D eigenvalue weighted by molar-refractivity contribution is 0.122. The Bertz CT molecular complexity index is 384. The molecule has 16 heavy (non-hydrogen) atoms. The number of aliphatic hydroxyl groups is 1. The molecule has 0 amide bonds. The summed E-state index contributed by atoms with van der Waals surface area (Å²) in [5, 5.41) is 9.53. The molecule has 0 saturated heterocycles. The summed E-state index contributed by atoms with van der Waals surface area (Å²) < 4.78 is 1.15. The zero-order chi connectivity index (χ0) is 11.8. The van der Waals surface area contributed by atoms with Crippen molar-refractivity contribution in [3.05, 3.63) is 33.8 Å². The average Bonchev–Trinajstić information content (AvgIpc) is 2.28. The third-order valence-electron chi connectivity index (χ3n) is 3.77. The number of benzene rings is 1. The maximum absolute atomic E-state index is 9.53. The number of aryl methyl sites for hydroxylation is 1. The van der Waals surface area contributed by atoms with Gasteiger partial charge in [0.25, 0.3) is 0 Å². The van der Waals surface area contributed by atoms with Crippen LogP contribution in [0.15, 0.2) is 22.7 Å². The van der Waals surface area contributed by atoms with Crippen LogP contribution >= 0.6 is 15.9 Å². The number of fused-ring (bicyclic) bond motifs is 1. The number of rotatable bonds is 2. The Morgan fingerprint density at radius 1 is 1.44 bits per heavy atom. The summed E-state index contributed by atoms with van der Waals surface area (Å²) in [5.74, 6) is 0.485. The molecule has 0 aromatic heterocycles. The highest BCUT2D eigenvalue weighted by Crippen LogP contribution is 2.44. The van der Waals surface area contributed by atoms with Gasteiger partial charge in [0.15, 0.2) is 0 Å². The lowest BCUT2D eigenvalue weighted by Gasteiger charge is -2.37. The van der Waals surface area contributed by atoms with Crippen LogP contribution in [0.5, 0.6) is 0 Å². The van der Waals surface area contributed by atoms with Gasteiger partial charge in [-0.05, 0) is 53.9 Å². The highest BCUT2D eigenvalue weighted by Gasteiger charge is 2.33. The molecule has 1 aromatic carbocycles. The SMILES string of the molecule is CC(C)(CO)C1CCCc2ccc(Br)cc21. The fraction of sp³-hybridized carbons (Fsp3) is 0.571. The summed E-state index contributed by atoms with van der Waals surface area (Å²) in [6, 6.07) is 6.57. The van der Waals surface area contributed by atoms with Gasteiger partial charge in [-0.25, -0.2) is 0 Å². The van der Waals surface area contributed by atoms with E-state index >= 15 is 0 Å². The molecule has 0 fully saturated rings. The molecule has 0 radical (unpaired) electrons. The second-order valence-corrected chi connectivity index (χ2v) is 6.35. The first-order valence-electron chi connectivity index (χ1n) is 5.94. The van der Waals surface area contributed by atoms with Gasteiger partial charge in [0.2, 0.25) is 0 Å². The molecule has 1 aliphatic rings. The molecule has 1 aliphatic carbocycles. The van der Waals surface area contributed by atoms with Crippen LogP contribution in [0.4, 0.5) is 0 Å². The van der Waals surface area contributed by atoms with E-state index in [0.29, 0.717) is 5.92 Å². The third-order valence-corrected chi connectivity index (χ3v) is 4.27. The number of hydrogen-bond donors (Lipinski definition) is 1. The van der Waals surface area contributed by atoms with E-state index in [0.717, 1.165) is 4.47 Å². The van der Waals surface area contributed by atoms with Crippen molar-refractivity contribution in [1.29, 1.82) is 0 Å². The van der Waals surface area contributed by atoms with Gasteiger partial charge in [0.1, 0.15) is 0 Å². The summed E-state index contributed by atoms with van der Waals surface area (Å²) >= 11 is 3.54. The molecule has 1 aromatic rings. The van der Waals surface area contributed by atoms with Gasteiger partial charge >= 0.3 is 0 Å². The molecule has 1 atom stereocenters. The molecule has 1 nitrogen and oxygen atoms in total. The van der Waals surface area contributed by atoms with Crippen molar-refractivity contribution in [3.8, 4) is 0 Å². The molecule has 1 unspecified atom stereocenters. The summed E-state index contributed by atoms with van der Waals surface area (Å²) in [4.78, 5) is 0. The Morgan fingerprint density at radius 2 is 2.19 bits per heavy atom. The van der Waals surface area contributed by atoms with E-state index in [2.05, 4.69) is 48.0 Å². The molecule has 0 saturated carbocycles. The summed E-state index contributed by atoms with van der Waals surface area (Å²) in [6.07, 6.45) is 3.61. The van der Waals surface area contributed by atoms with E-state index in [-0.39, 0.29) is 12.0 Å². The lowest BCUT2D eigenvalue weighted by atomic mass is 9.69. The van der Waals surface area contributed by atoms with Crippen molar-refractivity contribution in [2.24, 2.45) is 5.41 Å². The number of aliphatic hydroxyl groups excluding tert-OH is 1. The van der Waals surface area contributed by atoms with E-state index in [9.17, 15) is 5.11 Å². The van der Waals surface area contributed by atoms with Crippen LogP contribution in [0.25, 0.3) is 0 Å². The molecule has 0 heterocycles. The Hall–Kier alpha value is -0.340. The van der Waals surface area contributed by atoms with Gasteiger partial charge < -0.3 is 5.11 Å². The predicted molar refractivity (Wildman–Crippen MR) is 70.7 cm³/mol. The average molecular weight is 283 g/mol. The van der Waals surface area contributed by atoms with Gasteiger partial charge in [-0.15, -0.1) is 0 Å². The molecule has 88 valence electrons. The quantitative estimate of drug-likeness (QED) is 0.873. The highest BCUT2D eigenvalue weighted by molar-refractivity contribution is 9.10. The molecule has 0 spiro atoms. The van der Waals surface area contributed by atoms with Crippen LogP contribution in [0.1, 0.15) is 43.7 Å². The van der Waals surface area contributed by atoms with Crippen molar-refractivity contribution in [1.82, 2.24) is 0 Å². The fourth-order valence-corrected chi connectivity index (χ4v) is 3.07. The fourth-order valence-electron chi connectivity index (χ4n) is 2.69. The zero-order valence-electron chi connectivity index (χ0n) is 9.96. The third kappa shape index (κ3) is 2.18.